The van der Waals surface area contributed by atoms with Gasteiger partial charge in [0.2, 0.25) is 0 Å². The van der Waals surface area contributed by atoms with Crippen molar-refractivity contribution in [3.05, 3.63) is 0 Å². The number of amides is 1. The Kier molecular flexibility index (Phi) is 1.85. The van der Waals surface area contributed by atoms with Gasteiger partial charge in [-0.1, -0.05) is 0 Å². The Balaban J connectivity index is 2.22. The minimum Gasteiger partial charge on any atom is -0.380 e. The number of fused-ring (bicyclic) bond motifs is 1. The van der Waals surface area contributed by atoms with Crippen molar-refractivity contribution in [2.75, 3.05) is 13.7 Å². The van der Waals surface area contributed by atoms with Gasteiger partial charge < -0.3 is 14.7 Å². The molecule has 2 fully saturated rings. The first-order valence-electron chi connectivity index (χ1n) is 4.19. The van der Waals surface area contributed by atoms with Crippen molar-refractivity contribution in [2.45, 2.75) is 24.7 Å². The van der Waals surface area contributed by atoms with E-state index in [1.807, 2.05) is 0 Å². The third-order valence-electron chi connectivity index (χ3n) is 2.66. The predicted molar refractivity (Wildman–Crippen MR) is 41.9 cm³/mol. The van der Waals surface area contributed by atoms with Crippen LogP contribution in [0.4, 0.5) is 0 Å². The monoisotopic (exact) mass is 185 g/mol. The number of nitrogens with zero attached hydrogens (tertiary/aromatic N) is 1. The van der Waals surface area contributed by atoms with Crippen LogP contribution in [0.3, 0.4) is 0 Å². The molecule has 2 rings (SSSR count). The Morgan fingerprint density at radius 3 is 2.92 bits per heavy atom. The van der Waals surface area contributed by atoms with Gasteiger partial charge in [-0.05, 0) is 0 Å². The van der Waals surface area contributed by atoms with Gasteiger partial charge in [0.15, 0.2) is 11.9 Å². The van der Waals surface area contributed by atoms with Gasteiger partial charge in [0, 0.05) is 13.5 Å². The first kappa shape index (κ1) is 8.65. The molecule has 5 nitrogen and oxygen atoms in total. The molecule has 0 spiro atoms. The Morgan fingerprint density at radius 1 is 1.54 bits per heavy atom. The highest BCUT2D eigenvalue weighted by atomic mass is 16.5. The molecule has 72 valence electrons. The van der Waals surface area contributed by atoms with Crippen LogP contribution in [0.15, 0.2) is 0 Å². The maximum Gasteiger partial charge on any atom is 0.254 e. The van der Waals surface area contributed by atoms with Gasteiger partial charge in [-0.2, -0.15) is 0 Å². The molecule has 5 heteroatoms. The van der Waals surface area contributed by atoms with Crippen molar-refractivity contribution in [1.82, 2.24) is 4.90 Å². The smallest absolute Gasteiger partial charge is 0.254 e. The van der Waals surface area contributed by atoms with Gasteiger partial charge >= 0.3 is 0 Å². The number of likely N-dealkylation sites (tertiary alicyclic amines) is 1. The summed E-state index contributed by atoms with van der Waals surface area (Å²) >= 11 is 0. The molecule has 3 atom stereocenters. The molecule has 2 heterocycles. The van der Waals surface area contributed by atoms with Crippen molar-refractivity contribution >= 4 is 11.7 Å². The lowest BCUT2D eigenvalue weighted by atomic mass is 10.0. The average Bonchev–Trinajstić information content (AvgIpc) is 2.32. The summed E-state index contributed by atoms with van der Waals surface area (Å²) in [5, 5.41) is 9.42. The largest absolute Gasteiger partial charge is 0.380 e. The van der Waals surface area contributed by atoms with Gasteiger partial charge in [-0.15, -0.1) is 0 Å². The summed E-state index contributed by atoms with van der Waals surface area (Å²) in [6.45, 7) is 0.0132. The van der Waals surface area contributed by atoms with E-state index in [-0.39, 0.29) is 24.3 Å². The molecule has 2 aliphatic rings. The fourth-order valence-corrected chi connectivity index (χ4v) is 1.88. The number of carbonyl (C=O) groups is 2. The van der Waals surface area contributed by atoms with Crippen LogP contribution in [0, 0.1) is 0 Å². The van der Waals surface area contributed by atoms with Crippen molar-refractivity contribution in [3.8, 4) is 0 Å². The normalized spacial score (nSPS) is 39.5. The molecule has 0 aromatic rings. The van der Waals surface area contributed by atoms with Crippen LogP contribution < -0.4 is 0 Å². The van der Waals surface area contributed by atoms with Gasteiger partial charge in [-0.25, -0.2) is 0 Å². The number of ether oxygens (including phenoxy) is 1. The molecule has 13 heavy (non-hydrogen) atoms. The number of aliphatic hydroxyl groups excluding tert-OH is 1. The fraction of sp³-hybridized carbons (Fsp3) is 0.750. The quantitative estimate of drug-likeness (QED) is 0.501. The average molecular weight is 185 g/mol. The summed E-state index contributed by atoms with van der Waals surface area (Å²) in [4.78, 5) is 23.7. The van der Waals surface area contributed by atoms with E-state index >= 15 is 0 Å². The zero-order valence-electron chi connectivity index (χ0n) is 7.27. The second-order valence-corrected chi connectivity index (χ2v) is 3.48. The zero-order chi connectivity index (χ0) is 9.59. The minimum atomic E-state index is -1.09. The van der Waals surface area contributed by atoms with Crippen LogP contribution in [-0.4, -0.2) is 53.6 Å². The molecular formula is C8H11NO4. The number of Topliss-reactive ketones (excluding diaryl/α,β-unsaturated/α-hetero) is 1. The van der Waals surface area contributed by atoms with Crippen molar-refractivity contribution in [2.24, 2.45) is 0 Å². The zero-order valence-corrected chi connectivity index (χ0v) is 7.27. The maximum atomic E-state index is 11.3. The lowest BCUT2D eigenvalue weighted by Crippen LogP contribution is -2.43. The highest BCUT2D eigenvalue weighted by Gasteiger charge is 2.49. The SMILES string of the molecule is CN1C(=O)[C@@H](O)[C@@H]2OCC(=O)C[C@@H]21. The van der Waals surface area contributed by atoms with Gasteiger partial charge in [-0.3, -0.25) is 9.59 Å². The van der Waals surface area contributed by atoms with E-state index in [4.69, 9.17) is 4.74 Å². The van der Waals surface area contributed by atoms with E-state index in [9.17, 15) is 14.7 Å². The standard InChI is InChI=1S/C8H11NO4/c1-9-5-2-4(10)3-13-7(5)6(11)8(9)12/h5-7,11H,2-3H2,1H3/t5-,6-,7+/m0/s1. The van der Waals surface area contributed by atoms with E-state index in [0.29, 0.717) is 6.42 Å². The van der Waals surface area contributed by atoms with E-state index in [1.54, 1.807) is 7.05 Å². The molecule has 0 bridgehead atoms. The molecule has 0 radical (unpaired) electrons. The Hall–Kier alpha value is -0.940. The summed E-state index contributed by atoms with van der Waals surface area (Å²) in [7, 11) is 1.58. The molecule has 2 saturated heterocycles. The number of hydrogen-bond donors (Lipinski definition) is 1. The third-order valence-corrected chi connectivity index (χ3v) is 2.66. The first-order valence-corrected chi connectivity index (χ1v) is 4.19. The van der Waals surface area contributed by atoms with Crippen molar-refractivity contribution in [3.63, 3.8) is 0 Å². The summed E-state index contributed by atoms with van der Waals surface area (Å²) in [5.41, 5.74) is 0. The van der Waals surface area contributed by atoms with Gasteiger partial charge in [0.1, 0.15) is 12.7 Å². The maximum absolute atomic E-state index is 11.3. The minimum absolute atomic E-state index is 0.0132. The number of hydrogen-bond acceptors (Lipinski definition) is 4. The predicted octanol–water partition coefficient (Wildman–Crippen LogP) is -1.45. The molecule has 1 amide bonds. The molecule has 2 aliphatic heterocycles. The summed E-state index contributed by atoms with van der Waals surface area (Å²) < 4.78 is 5.11. The van der Waals surface area contributed by atoms with Gasteiger partial charge in [0.25, 0.3) is 5.91 Å². The number of rotatable bonds is 0. The van der Waals surface area contributed by atoms with Gasteiger partial charge in [0.05, 0.1) is 6.04 Å². The Bertz CT molecular complexity index is 265. The highest BCUT2D eigenvalue weighted by molar-refractivity contribution is 5.88. The molecular weight excluding hydrogens is 174 g/mol. The van der Waals surface area contributed by atoms with E-state index in [1.165, 1.54) is 4.90 Å². The van der Waals surface area contributed by atoms with Crippen LogP contribution >= 0.6 is 0 Å². The number of aliphatic hydroxyl groups is 1. The summed E-state index contributed by atoms with van der Waals surface area (Å²) in [6, 6.07) is -0.274. The van der Waals surface area contributed by atoms with E-state index in [0.717, 1.165) is 0 Å². The number of carbonyl (C=O) groups excluding carboxylic acids is 2. The lowest BCUT2D eigenvalue weighted by Gasteiger charge is -2.28. The van der Waals surface area contributed by atoms with Crippen LogP contribution in [0.5, 0.6) is 0 Å². The number of likely N-dealkylation sites (N-methyl/N-ethyl adjacent to an activating group) is 1. The molecule has 0 aliphatic carbocycles. The molecule has 0 aromatic carbocycles. The first-order chi connectivity index (χ1) is 6.11. The van der Waals surface area contributed by atoms with Crippen molar-refractivity contribution < 1.29 is 19.4 Å². The topological polar surface area (TPSA) is 66.8 Å². The Labute approximate surface area is 75.3 Å². The molecule has 1 N–H and O–H groups in total. The second kappa shape index (κ2) is 2.78. The highest BCUT2D eigenvalue weighted by Crippen LogP contribution is 2.26. The van der Waals surface area contributed by atoms with Crippen LogP contribution in [0.1, 0.15) is 6.42 Å². The van der Waals surface area contributed by atoms with Crippen LogP contribution in [-0.2, 0) is 14.3 Å². The molecule has 0 aromatic heterocycles. The Morgan fingerprint density at radius 2 is 2.23 bits per heavy atom. The summed E-state index contributed by atoms with van der Waals surface area (Å²) in [5.74, 6) is -0.375. The van der Waals surface area contributed by atoms with E-state index < -0.39 is 12.2 Å². The van der Waals surface area contributed by atoms with Crippen molar-refractivity contribution in [1.29, 1.82) is 0 Å². The lowest BCUT2D eigenvalue weighted by molar-refractivity contribution is -0.139. The van der Waals surface area contributed by atoms with Crippen LogP contribution in [0.2, 0.25) is 0 Å². The second-order valence-electron chi connectivity index (χ2n) is 3.48. The van der Waals surface area contributed by atoms with E-state index in [2.05, 4.69) is 0 Å². The summed E-state index contributed by atoms with van der Waals surface area (Å²) in [6.07, 6.45) is -1.32. The fourth-order valence-electron chi connectivity index (χ4n) is 1.88. The molecule has 0 unspecified atom stereocenters. The molecule has 0 saturated carbocycles. The third kappa shape index (κ3) is 1.15. The van der Waals surface area contributed by atoms with Crippen LogP contribution in [0.25, 0.3) is 0 Å². The number of ketones is 1.